The van der Waals surface area contributed by atoms with Crippen LogP contribution in [0.5, 0.6) is 0 Å². The molecule has 1 saturated carbocycles. The van der Waals surface area contributed by atoms with E-state index in [4.69, 9.17) is 4.42 Å². The Hall–Kier alpha value is -2.60. The molecule has 1 aromatic heterocycles. The Bertz CT molecular complexity index is 1030. The molecule has 3 aromatic rings. The van der Waals surface area contributed by atoms with Crippen molar-refractivity contribution in [2.75, 3.05) is 5.32 Å². The number of aryl methyl sites for hydroxylation is 2. The van der Waals surface area contributed by atoms with Crippen LogP contribution < -0.4 is 5.32 Å². The van der Waals surface area contributed by atoms with Crippen molar-refractivity contribution >= 4 is 15.7 Å². The normalized spacial score (nSPS) is 14.4. The van der Waals surface area contributed by atoms with E-state index in [9.17, 15) is 8.42 Å². The summed E-state index contributed by atoms with van der Waals surface area (Å²) in [5.74, 6) is 0.530. The number of aromatic nitrogens is 1. The van der Waals surface area contributed by atoms with Gasteiger partial charge in [0, 0.05) is 11.6 Å². The lowest BCUT2D eigenvalue weighted by Gasteiger charge is -2.05. The molecule has 5 nitrogen and oxygen atoms in total. The molecule has 134 valence electrons. The van der Waals surface area contributed by atoms with Gasteiger partial charge >= 0.3 is 0 Å². The molecule has 0 saturated heterocycles. The van der Waals surface area contributed by atoms with Gasteiger partial charge in [0.15, 0.2) is 0 Å². The van der Waals surface area contributed by atoms with Crippen molar-refractivity contribution in [3.05, 3.63) is 59.7 Å². The molecular formula is C20H20N2O3S. The molecule has 0 unspecified atom stereocenters. The van der Waals surface area contributed by atoms with Gasteiger partial charge in [-0.1, -0.05) is 35.4 Å². The molecule has 1 heterocycles. The molecule has 0 spiro atoms. The predicted molar refractivity (Wildman–Crippen MR) is 100.0 cm³/mol. The van der Waals surface area contributed by atoms with Gasteiger partial charge in [-0.3, -0.25) is 0 Å². The highest BCUT2D eigenvalue weighted by atomic mass is 32.2. The first-order valence-electron chi connectivity index (χ1n) is 8.59. The maximum atomic E-state index is 13.1. The van der Waals surface area contributed by atoms with Gasteiger partial charge in [-0.2, -0.15) is 4.98 Å². The quantitative estimate of drug-likeness (QED) is 0.724. The first-order chi connectivity index (χ1) is 12.4. The molecule has 1 aliphatic carbocycles. The highest BCUT2D eigenvalue weighted by molar-refractivity contribution is 7.91. The van der Waals surface area contributed by atoms with Crippen LogP contribution in [0.2, 0.25) is 0 Å². The van der Waals surface area contributed by atoms with Crippen molar-refractivity contribution in [3.63, 3.8) is 0 Å². The van der Waals surface area contributed by atoms with E-state index in [0.29, 0.717) is 5.89 Å². The summed E-state index contributed by atoms with van der Waals surface area (Å²) >= 11 is 0. The number of anilines is 1. The van der Waals surface area contributed by atoms with E-state index in [-0.39, 0.29) is 21.8 Å². The Labute approximate surface area is 153 Å². The van der Waals surface area contributed by atoms with Crippen LogP contribution in [0.3, 0.4) is 0 Å². The van der Waals surface area contributed by atoms with Crippen molar-refractivity contribution in [3.8, 4) is 11.5 Å². The second-order valence-corrected chi connectivity index (χ2v) is 8.62. The Balaban J connectivity index is 1.80. The molecule has 1 fully saturated rings. The van der Waals surface area contributed by atoms with Gasteiger partial charge in [0.05, 0.1) is 4.90 Å². The summed E-state index contributed by atoms with van der Waals surface area (Å²) in [7, 11) is -3.77. The molecule has 0 radical (unpaired) electrons. The fraction of sp³-hybridized carbons (Fsp3) is 0.250. The van der Waals surface area contributed by atoms with Gasteiger partial charge in [0.25, 0.3) is 0 Å². The van der Waals surface area contributed by atoms with Crippen molar-refractivity contribution in [2.45, 2.75) is 42.7 Å². The smallest absolute Gasteiger partial charge is 0.234 e. The van der Waals surface area contributed by atoms with E-state index in [2.05, 4.69) is 10.3 Å². The zero-order valence-electron chi connectivity index (χ0n) is 14.7. The molecule has 0 amide bonds. The third-order valence-electron chi connectivity index (χ3n) is 4.39. The minimum Gasteiger partial charge on any atom is -0.419 e. The van der Waals surface area contributed by atoms with E-state index in [1.807, 2.05) is 38.1 Å². The highest BCUT2D eigenvalue weighted by Crippen LogP contribution is 2.35. The third-order valence-corrected chi connectivity index (χ3v) is 6.07. The summed E-state index contributed by atoms with van der Waals surface area (Å²) in [6, 6.07) is 14.7. The Kier molecular flexibility index (Phi) is 4.07. The Morgan fingerprint density at radius 2 is 1.54 bits per heavy atom. The fourth-order valence-corrected chi connectivity index (χ4v) is 3.91. The summed E-state index contributed by atoms with van der Waals surface area (Å²) in [6.45, 7) is 3.91. The average Bonchev–Trinajstić information content (AvgIpc) is 3.32. The largest absolute Gasteiger partial charge is 0.419 e. The SMILES string of the molecule is Cc1ccc(-c2nc(S(=O)(=O)c3ccc(C)cc3)c(NC3CC3)o2)cc1. The second-order valence-electron chi connectivity index (χ2n) is 6.75. The summed E-state index contributed by atoms with van der Waals surface area (Å²) in [6.07, 6.45) is 2.01. The van der Waals surface area contributed by atoms with Gasteiger partial charge in [0.2, 0.25) is 26.6 Å². The molecular weight excluding hydrogens is 348 g/mol. The molecule has 26 heavy (non-hydrogen) atoms. The van der Waals surface area contributed by atoms with E-state index in [0.717, 1.165) is 29.5 Å². The van der Waals surface area contributed by atoms with Crippen LogP contribution in [0, 0.1) is 13.8 Å². The minimum absolute atomic E-state index is 0.0520. The third kappa shape index (κ3) is 3.24. The summed E-state index contributed by atoms with van der Waals surface area (Å²) in [5.41, 5.74) is 2.87. The maximum Gasteiger partial charge on any atom is 0.234 e. The standard InChI is InChI=1S/C20H20N2O3S/c1-13-3-7-15(8-4-13)18-22-20(19(25-18)21-16-9-10-16)26(23,24)17-11-5-14(2)6-12-17/h3-8,11-12,16,21H,9-10H2,1-2H3. The summed E-state index contributed by atoms with van der Waals surface area (Å²) in [5, 5.41) is 3.11. The number of oxazole rings is 1. The minimum atomic E-state index is -3.77. The number of hydrogen-bond donors (Lipinski definition) is 1. The first kappa shape index (κ1) is 16.8. The van der Waals surface area contributed by atoms with Crippen molar-refractivity contribution < 1.29 is 12.8 Å². The van der Waals surface area contributed by atoms with Crippen LogP contribution in [0.1, 0.15) is 24.0 Å². The first-order valence-corrected chi connectivity index (χ1v) is 10.1. The van der Waals surface area contributed by atoms with Gasteiger partial charge in [-0.25, -0.2) is 8.42 Å². The molecule has 0 atom stereocenters. The van der Waals surface area contributed by atoms with Crippen LogP contribution in [-0.4, -0.2) is 19.4 Å². The van der Waals surface area contributed by atoms with Gasteiger partial charge in [-0.05, 0) is 51.0 Å². The zero-order valence-corrected chi connectivity index (χ0v) is 15.5. The van der Waals surface area contributed by atoms with Crippen LogP contribution >= 0.6 is 0 Å². The second kappa shape index (κ2) is 6.29. The summed E-state index contributed by atoms with van der Waals surface area (Å²) in [4.78, 5) is 4.56. The number of hydrogen-bond acceptors (Lipinski definition) is 5. The number of nitrogens with zero attached hydrogens (tertiary/aromatic N) is 1. The Morgan fingerprint density at radius 1 is 0.962 bits per heavy atom. The average molecular weight is 368 g/mol. The van der Waals surface area contributed by atoms with E-state index < -0.39 is 9.84 Å². The van der Waals surface area contributed by atoms with Crippen molar-refractivity contribution in [2.24, 2.45) is 0 Å². The number of rotatable bonds is 5. The number of benzene rings is 2. The molecule has 2 aromatic carbocycles. The lowest BCUT2D eigenvalue weighted by atomic mass is 10.1. The van der Waals surface area contributed by atoms with E-state index in [1.54, 1.807) is 24.3 Å². The van der Waals surface area contributed by atoms with Gasteiger partial charge in [-0.15, -0.1) is 0 Å². The van der Waals surface area contributed by atoms with E-state index in [1.165, 1.54) is 0 Å². The molecule has 0 aliphatic heterocycles. The Morgan fingerprint density at radius 3 is 2.12 bits per heavy atom. The molecule has 1 aliphatic rings. The molecule has 4 rings (SSSR count). The molecule has 1 N–H and O–H groups in total. The van der Waals surface area contributed by atoms with Crippen LogP contribution in [-0.2, 0) is 9.84 Å². The van der Waals surface area contributed by atoms with Gasteiger partial charge in [0.1, 0.15) is 0 Å². The van der Waals surface area contributed by atoms with Crippen molar-refractivity contribution in [1.82, 2.24) is 4.98 Å². The van der Waals surface area contributed by atoms with Crippen LogP contribution in [0.4, 0.5) is 5.88 Å². The van der Waals surface area contributed by atoms with E-state index >= 15 is 0 Å². The lowest BCUT2D eigenvalue weighted by molar-refractivity contribution is 0.576. The zero-order chi connectivity index (χ0) is 18.3. The topological polar surface area (TPSA) is 72.2 Å². The maximum absolute atomic E-state index is 13.1. The van der Waals surface area contributed by atoms with Crippen LogP contribution in [0.25, 0.3) is 11.5 Å². The monoisotopic (exact) mass is 368 g/mol. The lowest BCUT2D eigenvalue weighted by Crippen LogP contribution is -2.08. The fourth-order valence-electron chi connectivity index (χ4n) is 2.64. The summed E-state index contributed by atoms with van der Waals surface area (Å²) < 4.78 is 32.0. The number of nitrogens with one attached hydrogen (secondary N) is 1. The van der Waals surface area contributed by atoms with Crippen LogP contribution in [0.15, 0.2) is 62.9 Å². The van der Waals surface area contributed by atoms with Gasteiger partial charge < -0.3 is 9.73 Å². The predicted octanol–water partition coefficient (Wildman–Crippen LogP) is 4.37. The number of sulfone groups is 1. The molecule has 6 heteroatoms. The highest BCUT2D eigenvalue weighted by Gasteiger charge is 2.32. The molecule has 0 bridgehead atoms. The van der Waals surface area contributed by atoms with Crippen molar-refractivity contribution in [1.29, 1.82) is 0 Å².